The fraction of sp³-hybridized carbons (Fsp3) is 1.00. The molecule has 0 aromatic rings. The van der Waals surface area contributed by atoms with Crippen molar-refractivity contribution < 1.29 is 4.74 Å². The monoisotopic (exact) mass is 305 g/mol. The van der Waals surface area contributed by atoms with E-state index < -0.39 is 0 Å². The van der Waals surface area contributed by atoms with Gasteiger partial charge in [0.05, 0.1) is 11.7 Å². The molecule has 0 spiro atoms. The van der Waals surface area contributed by atoms with Crippen LogP contribution in [0.15, 0.2) is 0 Å². The third-order valence-corrected chi connectivity index (χ3v) is 4.31. The molecule has 0 aliphatic carbocycles. The second-order valence-electron chi connectivity index (χ2n) is 7.10. The SMILES string of the molecule is CC1CN(CC(CBr)C(C)(C)C)CC(C)(C)O1. The third-order valence-electron chi connectivity index (χ3n) is 3.53. The first-order valence-corrected chi connectivity index (χ1v) is 7.72. The maximum Gasteiger partial charge on any atom is 0.0757 e. The molecule has 1 heterocycles. The molecule has 102 valence electrons. The van der Waals surface area contributed by atoms with Gasteiger partial charge in [-0.2, -0.15) is 0 Å². The molecular weight excluding hydrogens is 278 g/mol. The fourth-order valence-corrected chi connectivity index (χ4v) is 3.77. The van der Waals surface area contributed by atoms with Gasteiger partial charge in [0.15, 0.2) is 0 Å². The molecule has 0 amide bonds. The van der Waals surface area contributed by atoms with Crippen molar-refractivity contribution in [3.05, 3.63) is 0 Å². The largest absolute Gasteiger partial charge is 0.370 e. The van der Waals surface area contributed by atoms with E-state index in [-0.39, 0.29) is 5.60 Å². The van der Waals surface area contributed by atoms with Gasteiger partial charge in [0.1, 0.15) is 0 Å². The standard InChI is InChI=1S/C14H28BrNO/c1-11-8-16(10-14(5,6)17-11)9-12(7-15)13(2,3)4/h11-12H,7-10H2,1-6H3. The first-order valence-electron chi connectivity index (χ1n) is 6.60. The summed E-state index contributed by atoms with van der Waals surface area (Å²) in [5, 5.41) is 1.07. The average molecular weight is 306 g/mol. The average Bonchev–Trinajstić information content (AvgIpc) is 2.08. The summed E-state index contributed by atoms with van der Waals surface area (Å²) in [6, 6.07) is 0. The Hall–Kier alpha value is 0.400. The van der Waals surface area contributed by atoms with Crippen LogP contribution in [0.1, 0.15) is 41.5 Å². The van der Waals surface area contributed by atoms with Crippen molar-refractivity contribution in [3.8, 4) is 0 Å². The number of ether oxygens (including phenoxy) is 1. The van der Waals surface area contributed by atoms with E-state index >= 15 is 0 Å². The van der Waals surface area contributed by atoms with Gasteiger partial charge in [-0.15, -0.1) is 0 Å². The second kappa shape index (κ2) is 5.58. The van der Waals surface area contributed by atoms with Crippen LogP contribution in [0, 0.1) is 11.3 Å². The summed E-state index contributed by atoms with van der Waals surface area (Å²) in [5.41, 5.74) is 0.349. The highest BCUT2D eigenvalue weighted by Crippen LogP contribution is 2.30. The van der Waals surface area contributed by atoms with Crippen molar-refractivity contribution in [2.24, 2.45) is 11.3 Å². The van der Waals surface area contributed by atoms with Crippen LogP contribution >= 0.6 is 15.9 Å². The smallest absolute Gasteiger partial charge is 0.0757 e. The highest BCUT2D eigenvalue weighted by atomic mass is 79.9. The molecule has 1 aliphatic heterocycles. The van der Waals surface area contributed by atoms with E-state index in [1.54, 1.807) is 0 Å². The van der Waals surface area contributed by atoms with E-state index in [2.05, 4.69) is 62.4 Å². The van der Waals surface area contributed by atoms with Gasteiger partial charge < -0.3 is 4.74 Å². The maximum atomic E-state index is 5.95. The van der Waals surface area contributed by atoms with Crippen LogP contribution in [0.4, 0.5) is 0 Å². The van der Waals surface area contributed by atoms with Crippen molar-refractivity contribution in [1.82, 2.24) is 4.90 Å². The van der Waals surface area contributed by atoms with Crippen LogP contribution in [0.5, 0.6) is 0 Å². The Bertz CT molecular complexity index is 247. The van der Waals surface area contributed by atoms with Crippen LogP contribution < -0.4 is 0 Å². The number of morpholine rings is 1. The molecule has 0 aromatic carbocycles. The van der Waals surface area contributed by atoms with Crippen LogP contribution in [-0.2, 0) is 4.74 Å². The van der Waals surface area contributed by atoms with Gasteiger partial charge in [0, 0.05) is 25.0 Å². The predicted octanol–water partition coefficient (Wildman–Crippen LogP) is 3.54. The van der Waals surface area contributed by atoms with E-state index in [1.807, 2.05) is 0 Å². The zero-order chi connectivity index (χ0) is 13.3. The molecule has 1 fully saturated rings. The molecule has 0 saturated carbocycles. The Balaban J connectivity index is 2.61. The lowest BCUT2D eigenvalue weighted by Crippen LogP contribution is -2.53. The molecule has 2 nitrogen and oxygen atoms in total. The van der Waals surface area contributed by atoms with Gasteiger partial charge >= 0.3 is 0 Å². The predicted molar refractivity (Wildman–Crippen MR) is 77.8 cm³/mol. The van der Waals surface area contributed by atoms with Gasteiger partial charge in [-0.25, -0.2) is 0 Å². The number of halogens is 1. The molecule has 17 heavy (non-hydrogen) atoms. The summed E-state index contributed by atoms with van der Waals surface area (Å²) < 4.78 is 5.95. The molecule has 0 N–H and O–H groups in total. The minimum atomic E-state index is -0.00753. The zero-order valence-electron chi connectivity index (χ0n) is 12.2. The first-order chi connectivity index (χ1) is 7.64. The van der Waals surface area contributed by atoms with Gasteiger partial charge in [0.2, 0.25) is 0 Å². The molecule has 0 radical (unpaired) electrons. The van der Waals surface area contributed by atoms with Gasteiger partial charge in [-0.1, -0.05) is 36.7 Å². The molecule has 0 aromatic heterocycles. The second-order valence-corrected chi connectivity index (χ2v) is 7.75. The maximum absolute atomic E-state index is 5.95. The van der Waals surface area contributed by atoms with E-state index in [0.717, 1.165) is 25.0 Å². The van der Waals surface area contributed by atoms with Crippen molar-refractivity contribution >= 4 is 15.9 Å². The topological polar surface area (TPSA) is 12.5 Å². The fourth-order valence-electron chi connectivity index (χ4n) is 2.59. The van der Waals surface area contributed by atoms with E-state index in [4.69, 9.17) is 4.74 Å². The van der Waals surface area contributed by atoms with Crippen LogP contribution in [0.25, 0.3) is 0 Å². The quantitative estimate of drug-likeness (QED) is 0.740. The highest BCUT2D eigenvalue weighted by molar-refractivity contribution is 9.09. The molecular formula is C14H28BrNO. The van der Waals surface area contributed by atoms with E-state index in [1.165, 1.54) is 0 Å². The Morgan fingerprint density at radius 2 is 2.00 bits per heavy atom. The van der Waals surface area contributed by atoms with Gasteiger partial charge in [-0.3, -0.25) is 4.90 Å². The number of rotatable bonds is 3. The lowest BCUT2D eigenvalue weighted by Gasteiger charge is -2.44. The molecule has 2 atom stereocenters. The Labute approximate surface area is 115 Å². The summed E-state index contributed by atoms with van der Waals surface area (Å²) in [5.74, 6) is 0.684. The summed E-state index contributed by atoms with van der Waals surface area (Å²) in [7, 11) is 0. The summed E-state index contributed by atoms with van der Waals surface area (Å²) >= 11 is 3.66. The van der Waals surface area contributed by atoms with Gasteiger partial charge in [-0.05, 0) is 32.1 Å². The van der Waals surface area contributed by atoms with Crippen molar-refractivity contribution in [3.63, 3.8) is 0 Å². The van der Waals surface area contributed by atoms with Crippen molar-refractivity contribution in [2.45, 2.75) is 53.2 Å². The van der Waals surface area contributed by atoms with E-state index in [0.29, 0.717) is 17.4 Å². The molecule has 0 bridgehead atoms. The summed E-state index contributed by atoms with van der Waals surface area (Å²) in [6.07, 6.45) is 0.342. The van der Waals surface area contributed by atoms with Crippen molar-refractivity contribution in [1.29, 1.82) is 0 Å². The normalized spacial score (nSPS) is 28.1. The van der Waals surface area contributed by atoms with Gasteiger partial charge in [0.25, 0.3) is 0 Å². The highest BCUT2D eigenvalue weighted by Gasteiger charge is 2.34. The number of hydrogen-bond acceptors (Lipinski definition) is 2. The minimum Gasteiger partial charge on any atom is -0.370 e. The van der Waals surface area contributed by atoms with Crippen LogP contribution in [0.3, 0.4) is 0 Å². The third kappa shape index (κ3) is 4.88. The molecule has 1 rings (SSSR count). The first kappa shape index (κ1) is 15.5. The Morgan fingerprint density at radius 1 is 1.41 bits per heavy atom. The lowest BCUT2D eigenvalue weighted by atomic mass is 9.81. The summed E-state index contributed by atoms with van der Waals surface area (Å²) in [6.45, 7) is 16.8. The Morgan fingerprint density at radius 3 is 2.41 bits per heavy atom. The lowest BCUT2D eigenvalue weighted by molar-refractivity contribution is -0.132. The zero-order valence-corrected chi connectivity index (χ0v) is 13.8. The number of hydrogen-bond donors (Lipinski definition) is 0. The number of nitrogens with zero attached hydrogens (tertiary/aromatic N) is 1. The summed E-state index contributed by atoms with van der Waals surface area (Å²) in [4.78, 5) is 2.56. The number of alkyl halides is 1. The van der Waals surface area contributed by atoms with E-state index in [9.17, 15) is 0 Å². The molecule has 3 heteroatoms. The van der Waals surface area contributed by atoms with Crippen LogP contribution in [0.2, 0.25) is 0 Å². The minimum absolute atomic E-state index is 0.00753. The molecule has 1 saturated heterocycles. The van der Waals surface area contributed by atoms with Crippen molar-refractivity contribution in [2.75, 3.05) is 25.0 Å². The Kier molecular flexibility index (Phi) is 5.07. The molecule has 2 unspecified atom stereocenters. The molecule has 1 aliphatic rings. The van der Waals surface area contributed by atoms with Crippen LogP contribution in [-0.4, -0.2) is 41.6 Å².